The summed E-state index contributed by atoms with van der Waals surface area (Å²) in [7, 11) is 0. The van der Waals surface area contributed by atoms with Gasteiger partial charge in [-0.2, -0.15) is 9.49 Å². The van der Waals surface area contributed by atoms with E-state index in [4.69, 9.17) is 9.47 Å². The number of benzene rings is 1. The first kappa shape index (κ1) is 14.4. The molecule has 1 atom stereocenters. The molecule has 0 amide bonds. The number of alkyl halides is 1. The molecule has 21 heavy (non-hydrogen) atoms. The Hall–Kier alpha value is -1.56. The summed E-state index contributed by atoms with van der Waals surface area (Å²) in [6, 6.07) is 5.21. The minimum Gasteiger partial charge on any atom is -0.423 e. The lowest BCUT2D eigenvalue weighted by atomic mass is 10.1. The Labute approximate surface area is 131 Å². The van der Waals surface area contributed by atoms with Crippen molar-refractivity contribution in [2.24, 2.45) is 0 Å². The van der Waals surface area contributed by atoms with Crippen molar-refractivity contribution in [1.82, 2.24) is 9.78 Å². The third kappa shape index (κ3) is 2.52. The van der Waals surface area contributed by atoms with Crippen molar-refractivity contribution in [2.45, 2.75) is 39.2 Å². The predicted octanol–water partition coefficient (Wildman–Crippen LogP) is 4.56. The summed E-state index contributed by atoms with van der Waals surface area (Å²) in [6.45, 7) is 5.86. The fourth-order valence-corrected chi connectivity index (χ4v) is 2.66. The predicted molar refractivity (Wildman–Crippen MR) is 80.7 cm³/mol. The number of aromatic nitrogens is 2. The molecule has 0 N–H and O–H groups in total. The Kier molecular flexibility index (Phi) is 3.43. The smallest absolute Gasteiger partial charge is 0.407 e. The van der Waals surface area contributed by atoms with E-state index in [1.807, 2.05) is 16.8 Å². The van der Waals surface area contributed by atoms with Gasteiger partial charge >= 0.3 is 6.04 Å². The number of ether oxygens (including phenoxy) is 2. The summed E-state index contributed by atoms with van der Waals surface area (Å²) in [5, 5.41) is 4.43. The number of rotatable bonds is 3. The molecule has 1 aromatic heterocycles. The Bertz CT molecular complexity index is 686. The second-order valence-electron chi connectivity index (χ2n) is 5.31. The van der Waals surface area contributed by atoms with Crippen LogP contribution in [0.3, 0.4) is 0 Å². The zero-order valence-corrected chi connectivity index (χ0v) is 13.6. The molecule has 0 aliphatic carbocycles. The zero-order chi connectivity index (χ0) is 15.2. The summed E-state index contributed by atoms with van der Waals surface area (Å²) in [4.78, 5) is 0. The van der Waals surface area contributed by atoms with Crippen molar-refractivity contribution < 1.29 is 13.9 Å². The van der Waals surface area contributed by atoms with Gasteiger partial charge in [-0.1, -0.05) is 20.8 Å². The number of fused-ring (bicyclic) bond motifs is 1. The average Bonchev–Trinajstić information content (AvgIpc) is 2.98. The van der Waals surface area contributed by atoms with Gasteiger partial charge in [0, 0.05) is 11.8 Å². The van der Waals surface area contributed by atoms with Gasteiger partial charge in [-0.3, -0.25) is 0 Å². The first-order valence-corrected chi connectivity index (χ1v) is 7.68. The molecule has 112 valence electrons. The van der Waals surface area contributed by atoms with Gasteiger partial charge in [0.25, 0.3) is 0 Å². The van der Waals surface area contributed by atoms with E-state index in [0.29, 0.717) is 17.4 Å². The standard InChI is InChI=1S/C15H16BrFN2O2/c1-4-15(17)20-12-6-5-10(7-13(12)21-15)19-11(9(2)3)8-14(16)18-19/h5-9H,4H2,1-3H3. The highest BCUT2D eigenvalue weighted by Gasteiger charge is 2.40. The molecule has 2 aromatic rings. The van der Waals surface area contributed by atoms with Crippen LogP contribution in [0, 0.1) is 0 Å². The van der Waals surface area contributed by atoms with Gasteiger partial charge in [0.05, 0.1) is 12.1 Å². The maximum absolute atomic E-state index is 14.1. The molecule has 1 aliphatic heterocycles. The summed E-state index contributed by atoms with van der Waals surface area (Å²) in [5.74, 6) is 1.13. The van der Waals surface area contributed by atoms with Gasteiger partial charge in [-0.05, 0) is 40.0 Å². The van der Waals surface area contributed by atoms with Crippen molar-refractivity contribution >= 4 is 15.9 Å². The van der Waals surface area contributed by atoms with Crippen molar-refractivity contribution in [3.05, 3.63) is 34.6 Å². The molecule has 0 bridgehead atoms. The van der Waals surface area contributed by atoms with E-state index in [9.17, 15) is 4.39 Å². The minimum atomic E-state index is -2.06. The van der Waals surface area contributed by atoms with Crippen LogP contribution >= 0.6 is 15.9 Å². The lowest BCUT2D eigenvalue weighted by Crippen LogP contribution is -2.31. The first-order chi connectivity index (χ1) is 9.92. The van der Waals surface area contributed by atoms with Crippen molar-refractivity contribution in [3.63, 3.8) is 0 Å². The molecule has 0 saturated heterocycles. The SMILES string of the molecule is CCC1(F)Oc2ccc(-n3nc(Br)cc3C(C)C)cc2O1. The number of hydrogen-bond acceptors (Lipinski definition) is 3. The largest absolute Gasteiger partial charge is 0.423 e. The van der Waals surface area contributed by atoms with Crippen LogP contribution in [0.5, 0.6) is 11.5 Å². The normalized spacial score (nSPS) is 20.3. The third-order valence-corrected chi connectivity index (χ3v) is 3.81. The van der Waals surface area contributed by atoms with Crippen LogP contribution in [0.2, 0.25) is 0 Å². The Balaban J connectivity index is 2.02. The summed E-state index contributed by atoms with van der Waals surface area (Å²) in [5.41, 5.74) is 1.87. The van der Waals surface area contributed by atoms with E-state index in [1.54, 1.807) is 19.1 Å². The summed E-state index contributed by atoms with van der Waals surface area (Å²) >= 11 is 3.39. The molecule has 0 saturated carbocycles. The van der Waals surface area contributed by atoms with Gasteiger partial charge in [-0.15, -0.1) is 0 Å². The molecule has 2 heterocycles. The van der Waals surface area contributed by atoms with Crippen LogP contribution in [0.25, 0.3) is 5.69 Å². The number of halogens is 2. The lowest BCUT2D eigenvalue weighted by molar-refractivity contribution is -0.191. The molecule has 0 radical (unpaired) electrons. The highest BCUT2D eigenvalue weighted by molar-refractivity contribution is 9.10. The van der Waals surface area contributed by atoms with Crippen LogP contribution in [-0.2, 0) is 0 Å². The molecule has 1 aromatic carbocycles. The Morgan fingerprint density at radius 1 is 1.29 bits per heavy atom. The first-order valence-electron chi connectivity index (χ1n) is 6.88. The molecular weight excluding hydrogens is 339 g/mol. The second-order valence-corrected chi connectivity index (χ2v) is 6.12. The second kappa shape index (κ2) is 5.02. The van der Waals surface area contributed by atoms with Gasteiger partial charge in [0.1, 0.15) is 4.60 Å². The molecule has 1 aliphatic rings. The number of nitrogens with zero attached hydrogens (tertiary/aromatic N) is 2. The van der Waals surface area contributed by atoms with Gasteiger partial charge < -0.3 is 9.47 Å². The maximum Gasteiger partial charge on any atom is 0.407 e. The highest BCUT2D eigenvalue weighted by Crippen LogP contribution is 2.42. The van der Waals surface area contributed by atoms with Crippen LogP contribution in [0.15, 0.2) is 28.9 Å². The number of hydrogen-bond donors (Lipinski definition) is 0. The molecule has 4 nitrogen and oxygen atoms in total. The van der Waals surface area contributed by atoms with E-state index < -0.39 is 6.04 Å². The van der Waals surface area contributed by atoms with Crippen LogP contribution in [-0.4, -0.2) is 15.8 Å². The molecule has 0 fully saturated rings. The van der Waals surface area contributed by atoms with Crippen molar-refractivity contribution in [3.8, 4) is 17.2 Å². The zero-order valence-electron chi connectivity index (χ0n) is 12.1. The van der Waals surface area contributed by atoms with Crippen LogP contribution < -0.4 is 9.47 Å². The summed E-state index contributed by atoms with van der Waals surface area (Å²) in [6.07, 6.45) is 0.127. The fourth-order valence-electron chi connectivity index (χ4n) is 2.27. The fraction of sp³-hybridized carbons (Fsp3) is 0.400. The van der Waals surface area contributed by atoms with Crippen LogP contribution in [0.1, 0.15) is 38.8 Å². The van der Waals surface area contributed by atoms with E-state index in [1.165, 1.54) is 0 Å². The maximum atomic E-state index is 14.1. The Morgan fingerprint density at radius 2 is 2.00 bits per heavy atom. The molecular formula is C15H16BrFN2O2. The third-order valence-electron chi connectivity index (χ3n) is 3.42. The van der Waals surface area contributed by atoms with Gasteiger partial charge in [0.2, 0.25) is 0 Å². The average molecular weight is 355 g/mol. The molecule has 6 heteroatoms. The van der Waals surface area contributed by atoms with Crippen molar-refractivity contribution in [1.29, 1.82) is 0 Å². The molecule has 0 spiro atoms. The van der Waals surface area contributed by atoms with E-state index in [2.05, 4.69) is 34.9 Å². The van der Waals surface area contributed by atoms with E-state index in [0.717, 1.165) is 16.0 Å². The van der Waals surface area contributed by atoms with Gasteiger partial charge in [0.15, 0.2) is 11.5 Å². The topological polar surface area (TPSA) is 36.3 Å². The molecule has 1 unspecified atom stereocenters. The summed E-state index contributed by atoms with van der Waals surface area (Å²) < 4.78 is 27.1. The van der Waals surface area contributed by atoms with E-state index >= 15 is 0 Å². The van der Waals surface area contributed by atoms with Gasteiger partial charge in [-0.25, -0.2) is 4.68 Å². The highest BCUT2D eigenvalue weighted by atomic mass is 79.9. The lowest BCUT2D eigenvalue weighted by Gasteiger charge is -2.14. The monoisotopic (exact) mass is 354 g/mol. The van der Waals surface area contributed by atoms with Crippen molar-refractivity contribution in [2.75, 3.05) is 0 Å². The molecule has 3 rings (SSSR count). The Morgan fingerprint density at radius 3 is 2.67 bits per heavy atom. The quantitative estimate of drug-likeness (QED) is 0.810. The van der Waals surface area contributed by atoms with Crippen LogP contribution in [0.4, 0.5) is 4.39 Å². The van der Waals surface area contributed by atoms with E-state index in [-0.39, 0.29) is 6.42 Å². The minimum absolute atomic E-state index is 0.127.